The van der Waals surface area contributed by atoms with Crippen LogP contribution >= 0.6 is 11.3 Å². The SMILES string of the molecule is CCOc1ccc(C(=O)COC(=O)CCC(=O)Nc2nc(-c3ccccc3)c(C)s2)cc1. The Morgan fingerprint density at radius 2 is 1.72 bits per heavy atom. The highest BCUT2D eigenvalue weighted by Gasteiger charge is 2.15. The molecule has 0 saturated carbocycles. The van der Waals surface area contributed by atoms with Crippen molar-refractivity contribution in [3.05, 3.63) is 65.0 Å². The van der Waals surface area contributed by atoms with Gasteiger partial charge >= 0.3 is 5.97 Å². The number of carbonyl (C=O) groups is 3. The zero-order valence-corrected chi connectivity index (χ0v) is 18.7. The lowest BCUT2D eigenvalue weighted by atomic mass is 10.1. The highest BCUT2D eigenvalue weighted by Crippen LogP contribution is 2.30. The fraction of sp³-hybridized carbons (Fsp3) is 0.250. The van der Waals surface area contributed by atoms with Crippen LogP contribution in [0.25, 0.3) is 11.3 Å². The van der Waals surface area contributed by atoms with Gasteiger partial charge in [-0.1, -0.05) is 30.3 Å². The van der Waals surface area contributed by atoms with E-state index in [4.69, 9.17) is 9.47 Å². The summed E-state index contributed by atoms with van der Waals surface area (Å²) in [5.74, 6) is -0.608. The summed E-state index contributed by atoms with van der Waals surface area (Å²) in [7, 11) is 0. The number of ether oxygens (including phenoxy) is 2. The number of amides is 1. The first-order valence-corrected chi connectivity index (χ1v) is 11.0. The summed E-state index contributed by atoms with van der Waals surface area (Å²) in [4.78, 5) is 41.7. The number of ketones is 1. The highest BCUT2D eigenvalue weighted by atomic mass is 32.1. The van der Waals surface area contributed by atoms with E-state index in [-0.39, 0.29) is 31.1 Å². The van der Waals surface area contributed by atoms with Crippen LogP contribution in [-0.4, -0.2) is 35.9 Å². The third kappa shape index (κ3) is 6.49. The average Bonchev–Trinajstić information content (AvgIpc) is 3.17. The van der Waals surface area contributed by atoms with Crippen molar-refractivity contribution in [3.63, 3.8) is 0 Å². The summed E-state index contributed by atoms with van der Waals surface area (Å²) in [5, 5.41) is 3.19. The second-order valence-corrected chi connectivity index (χ2v) is 8.08. The fourth-order valence-corrected chi connectivity index (χ4v) is 3.77. The standard InChI is InChI=1S/C24H24N2O5S/c1-3-30-19-11-9-17(10-12-19)20(27)15-31-22(29)14-13-21(28)25-24-26-23(16(2)32-24)18-7-5-4-6-8-18/h4-12H,3,13-15H2,1-2H3,(H,25,26,28). The largest absolute Gasteiger partial charge is 0.494 e. The molecule has 0 spiro atoms. The monoisotopic (exact) mass is 452 g/mol. The molecule has 7 nitrogen and oxygen atoms in total. The Morgan fingerprint density at radius 3 is 2.41 bits per heavy atom. The summed E-state index contributed by atoms with van der Waals surface area (Å²) in [6.45, 7) is 3.97. The number of aryl methyl sites for hydroxylation is 1. The van der Waals surface area contributed by atoms with Crippen molar-refractivity contribution < 1.29 is 23.9 Å². The lowest BCUT2D eigenvalue weighted by Gasteiger charge is -2.06. The highest BCUT2D eigenvalue weighted by molar-refractivity contribution is 7.16. The molecule has 0 atom stereocenters. The molecule has 8 heteroatoms. The molecule has 0 aliphatic rings. The van der Waals surface area contributed by atoms with E-state index in [1.165, 1.54) is 11.3 Å². The molecule has 166 valence electrons. The first kappa shape index (κ1) is 23.1. The topological polar surface area (TPSA) is 94.6 Å². The maximum atomic E-state index is 12.2. The third-order valence-corrected chi connectivity index (χ3v) is 5.38. The predicted molar refractivity (Wildman–Crippen MR) is 123 cm³/mol. The molecule has 0 unspecified atom stereocenters. The number of nitrogens with one attached hydrogen (secondary N) is 1. The van der Waals surface area contributed by atoms with E-state index < -0.39 is 5.97 Å². The van der Waals surface area contributed by atoms with Gasteiger partial charge in [0.25, 0.3) is 0 Å². The molecule has 0 radical (unpaired) electrons. The summed E-state index contributed by atoms with van der Waals surface area (Å²) in [6, 6.07) is 16.3. The van der Waals surface area contributed by atoms with Gasteiger partial charge in [-0.15, -0.1) is 11.3 Å². The Balaban J connectivity index is 1.43. The van der Waals surface area contributed by atoms with E-state index in [2.05, 4.69) is 10.3 Å². The number of thiazole rings is 1. The minimum Gasteiger partial charge on any atom is -0.494 e. The second kappa shape index (κ2) is 11.2. The lowest BCUT2D eigenvalue weighted by molar-refractivity contribution is -0.143. The maximum absolute atomic E-state index is 12.2. The van der Waals surface area contributed by atoms with Crippen LogP contribution < -0.4 is 10.1 Å². The van der Waals surface area contributed by atoms with Gasteiger partial charge in [0, 0.05) is 22.4 Å². The van der Waals surface area contributed by atoms with Crippen molar-refractivity contribution in [2.75, 3.05) is 18.5 Å². The predicted octanol–water partition coefficient (Wildman–Crippen LogP) is 4.66. The minimum absolute atomic E-state index is 0.0601. The van der Waals surface area contributed by atoms with Crippen molar-refractivity contribution >= 4 is 34.1 Å². The average molecular weight is 453 g/mol. The van der Waals surface area contributed by atoms with Gasteiger partial charge in [0.05, 0.1) is 18.7 Å². The van der Waals surface area contributed by atoms with Gasteiger partial charge in [0.1, 0.15) is 5.75 Å². The van der Waals surface area contributed by atoms with E-state index >= 15 is 0 Å². The van der Waals surface area contributed by atoms with Gasteiger partial charge in [0.15, 0.2) is 17.5 Å². The first-order chi connectivity index (χ1) is 15.5. The Kier molecular flexibility index (Phi) is 8.10. The van der Waals surface area contributed by atoms with Crippen molar-refractivity contribution in [2.24, 2.45) is 0 Å². The van der Waals surface area contributed by atoms with E-state index in [1.54, 1.807) is 24.3 Å². The van der Waals surface area contributed by atoms with Gasteiger partial charge in [-0.3, -0.25) is 14.4 Å². The number of nitrogens with zero attached hydrogens (tertiary/aromatic N) is 1. The molecule has 1 amide bonds. The number of carbonyl (C=O) groups excluding carboxylic acids is 3. The van der Waals surface area contributed by atoms with Crippen molar-refractivity contribution in [1.82, 2.24) is 4.98 Å². The number of rotatable bonds is 10. The molecular formula is C24H24N2O5S. The van der Waals surface area contributed by atoms with Crippen LogP contribution in [0.3, 0.4) is 0 Å². The minimum atomic E-state index is -0.611. The molecule has 0 aliphatic carbocycles. The molecule has 1 heterocycles. The van der Waals surface area contributed by atoms with Crippen molar-refractivity contribution in [3.8, 4) is 17.0 Å². The summed E-state index contributed by atoms with van der Waals surface area (Å²) >= 11 is 1.37. The number of benzene rings is 2. The van der Waals surface area contributed by atoms with E-state index in [0.717, 1.165) is 16.1 Å². The van der Waals surface area contributed by atoms with E-state index in [0.29, 0.717) is 23.1 Å². The molecule has 0 bridgehead atoms. The quantitative estimate of drug-likeness (QED) is 0.355. The van der Waals surface area contributed by atoms with Crippen molar-refractivity contribution in [1.29, 1.82) is 0 Å². The Labute approximate surface area is 190 Å². The van der Waals surface area contributed by atoms with Gasteiger partial charge in [0.2, 0.25) is 5.91 Å². The lowest BCUT2D eigenvalue weighted by Crippen LogP contribution is -2.17. The maximum Gasteiger partial charge on any atom is 0.306 e. The molecule has 0 aliphatic heterocycles. The van der Waals surface area contributed by atoms with Crippen LogP contribution in [0.15, 0.2) is 54.6 Å². The van der Waals surface area contributed by atoms with Crippen molar-refractivity contribution in [2.45, 2.75) is 26.7 Å². The molecule has 1 aromatic heterocycles. The number of Topliss-reactive ketones (excluding diaryl/α,β-unsaturated/α-hetero) is 1. The van der Waals surface area contributed by atoms with E-state index in [9.17, 15) is 14.4 Å². The number of esters is 1. The van der Waals surface area contributed by atoms with Crippen LogP contribution in [0, 0.1) is 6.92 Å². The second-order valence-electron chi connectivity index (χ2n) is 6.88. The van der Waals surface area contributed by atoms with E-state index in [1.807, 2.05) is 44.2 Å². The summed E-state index contributed by atoms with van der Waals surface area (Å²) in [5.41, 5.74) is 2.22. The molecule has 2 aromatic carbocycles. The number of hydrogen-bond donors (Lipinski definition) is 1. The Bertz CT molecular complexity index is 1080. The summed E-state index contributed by atoms with van der Waals surface area (Å²) < 4.78 is 10.3. The van der Waals surface area contributed by atoms with Gasteiger partial charge in [-0.25, -0.2) is 4.98 Å². The van der Waals surface area contributed by atoms with Gasteiger partial charge in [-0.2, -0.15) is 0 Å². The molecule has 3 rings (SSSR count). The van der Waals surface area contributed by atoms with Gasteiger partial charge in [-0.05, 0) is 38.1 Å². The zero-order chi connectivity index (χ0) is 22.9. The molecular weight excluding hydrogens is 428 g/mol. The molecule has 3 aromatic rings. The first-order valence-electron chi connectivity index (χ1n) is 10.2. The Morgan fingerprint density at radius 1 is 1.00 bits per heavy atom. The molecule has 32 heavy (non-hydrogen) atoms. The number of anilines is 1. The third-order valence-electron chi connectivity index (χ3n) is 4.50. The number of aromatic nitrogens is 1. The fourth-order valence-electron chi connectivity index (χ4n) is 2.92. The molecule has 0 fully saturated rings. The number of hydrogen-bond acceptors (Lipinski definition) is 7. The van der Waals surface area contributed by atoms with Crippen LogP contribution in [-0.2, 0) is 14.3 Å². The molecule has 0 saturated heterocycles. The smallest absolute Gasteiger partial charge is 0.306 e. The summed E-state index contributed by atoms with van der Waals surface area (Å²) in [6.07, 6.45) is -0.187. The van der Waals surface area contributed by atoms with Crippen LogP contribution in [0.1, 0.15) is 35.0 Å². The normalized spacial score (nSPS) is 10.4. The Hall–Kier alpha value is -3.52. The van der Waals surface area contributed by atoms with Crippen LogP contribution in [0.5, 0.6) is 5.75 Å². The molecule has 1 N–H and O–H groups in total. The van der Waals surface area contributed by atoms with Crippen LogP contribution in [0.4, 0.5) is 5.13 Å². The van der Waals surface area contributed by atoms with Gasteiger partial charge < -0.3 is 14.8 Å². The zero-order valence-electron chi connectivity index (χ0n) is 17.9. The van der Waals surface area contributed by atoms with Crippen LogP contribution in [0.2, 0.25) is 0 Å².